The van der Waals surface area contributed by atoms with Crippen molar-refractivity contribution in [2.24, 2.45) is 0 Å². The van der Waals surface area contributed by atoms with E-state index < -0.39 is 0 Å². The van der Waals surface area contributed by atoms with Crippen LogP contribution in [0.25, 0.3) is 16.8 Å². The highest BCUT2D eigenvalue weighted by atomic mass is 16.1. The molecule has 0 aliphatic heterocycles. The molecule has 0 N–H and O–H groups in total. The quantitative estimate of drug-likeness (QED) is 0.386. The summed E-state index contributed by atoms with van der Waals surface area (Å²) in [5.41, 5.74) is 6.41. The van der Waals surface area contributed by atoms with Crippen molar-refractivity contribution in [2.45, 2.75) is 39.5 Å². The molecule has 0 amide bonds. The maximum Gasteiger partial charge on any atom is 0.261 e. The van der Waals surface area contributed by atoms with Gasteiger partial charge in [0.05, 0.1) is 17.3 Å². The second-order valence-corrected chi connectivity index (χ2v) is 8.45. The molecule has 4 rings (SSSR count). The van der Waals surface area contributed by atoms with E-state index >= 15 is 0 Å². The SMILES string of the molecule is [B]c1cccc(-n2c(C)nc(CCCC)c(Cc3ccc(-c4ccccc4C#N)cc3)c2=O)c1. The number of hydrogen-bond acceptors (Lipinski definition) is 3. The molecule has 0 unspecified atom stereocenters. The average molecular weight is 443 g/mol. The minimum Gasteiger partial charge on any atom is -0.269 e. The average Bonchev–Trinajstić information content (AvgIpc) is 2.85. The number of nitrogens with zero attached hydrogens (tertiary/aromatic N) is 3. The summed E-state index contributed by atoms with van der Waals surface area (Å²) < 4.78 is 1.65. The number of nitriles is 1. The number of unbranched alkanes of at least 4 members (excludes halogenated alkanes) is 1. The van der Waals surface area contributed by atoms with E-state index in [4.69, 9.17) is 12.8 Å². The van der Waals surface area contributed by atoms with E-state index in [9.17, 15) is 10.1 Å². The monoisotopic (exact) mass is 443 g/mol. The Morgan fingerprint density at radius 1 is 1.03 bits per heavy atom. The third-order valence-electron chi connectivity index (χ3n) is 6.02. The van der Waals surface area contributed by atoms with Gasteiger partial charge in [0.1, 0.15) is 13.7 Å². The molecule has 0 fully saturated rings. The molecule has 1 aromatic heterocycles. The third kappa shape index (κ3) is 4.87. The Kier molecular flexibility index (Phi) is 7.08. The molecule has 1 heterocycles. The van der Waals surface area contributed by atoms with Crippen LogP contribution in [0.15, 0.2) is 77.6 Å². The Morgan fingerprint density at radius 3 is 2.50 bits per heavy atom. The summed E-state index contributed by atoms with van der Waals surface area (Å²) >= 11 is 0. The summed E-state index contributed by atoms with van der Waals surface area (Å²) in [6.07, 6.45) is 3.28. The van der Waals surface area contributed by atoms with Crippen molar-refractivity contribution >= 4 is 13.3 Å². The van der Waals surface area contributed by atoms with Gasteiger partial charge in [-0.15, -0.1) is 0 Å². The van der Waals surface area contributed by atoms with Gasteiger partial charge in [0.2, 0.25) is 0 Å². The van der Waals surface area contributed by atoms with E-state index in [1.165, 1.54) is 0 Å². The number of hydrogen-bond donors (Lipinski definition) is 0. The highest BCUT2D eigenvalue weighted by Gasteiger charge is 2.16. The van der Waals surface area contributed by atoms with Gasteiger partial charge in [-0.2, -0.15) is 5.26 Å². The van der Waals surface area contributed by atoms with E-state index in [1.807, 2.05) is 67.6 Å². The molecule has 0 atom stereocenters. The second kappa shape index (κ2) is 10.4. The number of aromatic nitrogens is 2. The van der Waals surface area contributed by atoms with E-state index in [0.717, 1.165) is 47.3 Å². The normalized spacial score (nSPS) is 10.7. The smallest absolute Gasteiger partial charge is 0.261 e. The lowest BCUT2D eigenvalue weighted by molar-refractivity contribution is 0.734. The van der Waals surface area contributed by atoms with Crippen molar-refractivity contribution in [3.8, 4) is 22.9 Å². The van der Waals surface area contributed by atoms with Gasteiger partial charge in [-0.25, -0.2) is 4.98 Å². The van der Waals surface area contributed by atoms with Crippen LogP contribution in [-0.2, 0) is 12.8 Å². The first-order valence-electron chi connectivity index (χ1n) is 11.6. The highest BCUT2D eigenvalue weighted by molar-refractivity contribution is 6.32. The van der Waals surface area contributed by atoms with Crippen molar-refractivity contribution in [3.05, 3.63) is 111 Å². The standard InChI is InChI=1S/C29H26BN3O/c1-3-4-12-28-27(29(34)33(20(2)32-28)25-10-7-9-24(30)18-25)17-21-13-15-22(16-14-21)26-11-6-5-8-23(26)19-31/h5-11,13-16,18H,3-4,12,17H2,1-2H3. The topological polar surface area (TPSA) is 58.7 Å². The molecule has 0 aliphatic rings. The van der Waals surface area contributed by atoms with E-state index in [0.29, 0.717) is 28.8 Å². The van der Waals surface area contributed by atoms with Gasteiger partial charge in [0, 0.05) is 17.7 Å². The van der Waals surface area contributed by atoms with Crippen molar-refractivity contribution in [1.82, 2.24) is 9.55 Å². The van der Waals surface area contributed by atoms with Gasteiger partial charge in [-0.1, -0.05) is 73.4 Å². The molecular formula is C29H26BN3O. The van der Waals surface area contributed by atoms with Crippen LogP contribution in [0.5, 0.6) is 0 Å². The minimum atomic E-state index is -0.0527. The van der Waals surface area contributed by atoms with E-state index in [1.54, 1.807) is 16.7 Å². The first-order valence-corrected chi connectivity index (χ1v) is 11.6. The molecule has 0 saturated carbocycles. The fraction of sp³-hybridized carbons (Fsp3) is 0.207. The zero-order chi connectivity index (χ0) is 24.1. The fourth-order valence-electron chi connectivity index (χ4n) is 4.25. The molecule has 2 radical (unpaired) electrons. The van der Waals surface area contributed by atoms with Crippen molar-refractivity contribution in [1.29, 1.82) is 5.26 Å². The van der Waals surface area contributed by atoms with Crippen LogP contribution in [0.3, 0.4) is 0 Å². The van der Waals surface area contributed by atoms with Crippen LogP contribution in [0.4, 0.5) is 0 Å². The molecule has 0 bridgehead atoms. The first kappa shape index (κ1) is 23.3. The van der Waals surface area contributed by atoms with Crippen LogP contribution in [0, 0.1) is 18.3 Å². The van der Waals surface area contributed by atoms with Gasteiger partial charge >= 0.3 is 0 Å². The summed E-state index contributed by atoms with van der Waals surface area (Å²) in [6.45, 7) is 4.00. The van der Waals surface area contributed by atoms with Gasteiger partial charge in [-0.3, -0.25) is 9.36 Å². The lowest BCUT2D eigenvalue weighted by atomic mass is 9.95. The summed E-state index contributed by atoms with van der Waals surface area (Å²) in [5, 5.41) is 9.42. The number of rotatable bonds is 7. The maximum atomic E-state index is 13.7. The van der Waals surface area contributed by atoms with Crippen LogP contribution >= 0.6 is 0 Å². The Labute approximate surface area is 202 Å². The summed E-state index contributed by atoms with van der Waals surface area (Å²) in [4.78, 5) is 18.6. The molecule has 4 aromatic rings. The predicted molar refractivity (Wildman–Crippen MR) is 138 cm³/mol. The molecule has 34 heavy (non-hydrogen) atoms. The second-order valence-electron chi connectivity index (χ2n) is 8.45. The van der Waals surface area contributed by atoms with Crippen molar-refractivity contribution in [2.75, 3.05) is 0 Å². The number of aryl methyl sites for hydroxylation is 2. The Morgan fingerprint density at radius 2 is 1.79 bits per heavy atom. The van der Waals surface area contributed by atoms with Gasteiger partial charge in [-0.05, 0) is 54.7 Å². The van der Waals surface area contributed by atoms with E-state index in [-0.39, 0.29) is 5.56 Å². The minimum absolute atomic E-state index is 0.0527. The molecule has 0 spiro atoms. The maximum absolute atomic E-state index is 13.7. The van der Waals surface area contributed by atoms with Crippen LogP contribution in [0.1, 0.15) is 48.0 Å². The van der Waals surface area contributed by atoms with Crippen LogP contribution in [0.2, 0.25) is 0 Å². The molecule has 4 nitrogen and oxygen atoms in total. The Hall–Kier alpha value is -3.91. The lowest BCUT2D eigenvalue weighted by Crippen LogP contribution is -2.29. The predicted octanol–water partition coefficient (Wildman–Crippen LogP) is 4.81. The van der Waals surface area contributed by atoms with Crippen molar-refractivity contribution < 1.29 is 0 Å². The van der Waals surface area contributed by atoms with Gasteiger partial charge in [0.25, 0.3) is 5.56 Å². The first-order chi connectivity index (χ1) is 16.5. The fourth-order valence-corrected chi connectivity index (χ4v) is 4.25. The van der Waals surface area contributed by atoms with Crippen LogP contribution < -0.4 is 11.0 Å². The molecule has 0 saturated heterocycles. The summed E-state index contributed by atoms with van der Waals surface area (Å²) in [6, 6.07) is 25.2. The van der Waals surface area contributed by atoms with Gasteiger partial charge < -0.3 is 0 Å². The molecule has 0 aliphatic carbocycles. The zero-order valence-corrected chi connectivity index (χ0v) is 19.6. The number of benzene rings is 3. The molecule has 166 valence electrons. The van der Waals surface area contributed by atoms with Gasteiger partial charge in [0.15, 0.2) is 0 Å². The molecular weight excluding hydrogens is 417 g/mol. The third-order valence-corrected chi connectivity index (χ3v) is 6.02. The molecule has 3 aromatic carbocycles. The highest BCUT2D eigenvalue weighted by Crippen LogP contribution is 2.24. The Balaban J connectivity index is 1.75. The molecule has 5 heteroatoms. The Bertz CT molecular complexity index is 1410. The lowest BCUT2D eigenvalue weighted by Gasteiger charge is -2.16. The van der Waals surface area contributed by atoms with Crippen molar-refractivity contribution in [3.63, 3.8) is 0 Å². The summed E-state index contributed by atoms with van der Waals surface area (Å²) in [7, 11) is 5.98. The van der Waals surface area contributed by atoms with E-state index in [2.05, 4.69) is 13.0 Å². The zero-order valence-electron chi connectivity index (χ0n) is 19.6. The largest absolute Gasteiger partial charge is 0.269 e. The summed E-state index contributed by atoms with van der Waals surface area (Å²) in [5.74, 6) is 0.661. The van der Waals surface area contributed by atoms with Crippen LogP contribution in [-0.4, -0.2) is 17.4 Å².